The number of nitrogens with zero attached hydrogens (tertiary/aromatic N) is 2. The van der Waals surface area contributed by atoms with Crippen LogP contribution >= 0.6 is 11.8 Å². The average Bonchev–Trinajstić information content (AvgIpc) is 3.48. The lowest BCUT2D eigenvalue weighted by Crippen LogP contribution is -2.32. The standard InChI is InChI=1S/C24H23N3O4S/c28-23-21-16-6-7-17(12-16)22(21)24(29)26(23)18-8-9-19(20(13-18)27(30)31)25-10-11-32-14-15-4-2-1-3-5-15/h1-9,13,16-17,21-22,25H,10-12,14H2/t16-,17-,21-,22+/m0/s1. The van der Waals surface area contributed by atoms with Crippen molar-refractivity contribution in [3.05, 3.63) is 76.4 Å². The molecule has 0 aromatic heterocycles. The van der Waals surface area contributed by atoms with E-state index in [1.54, 1.807) is 23.9 Å². The number of allylic oxidation sites excluding steroid dienone is 2. The van der Waals surface area contributed by atoms with Gasteiger partial charge in [-0.05, 0) is 36.0 Å². The molecule has 1 saturated heterocycles. The van der Waals surface area contributed by atoms with Crippen LogP contribution in [-0.2, 0) is 15.3 Å². The lowest BCUT2D eigenvalue weighted by molar-refractivity contribution is -0.383. The second kappa shape index (κ2) is 8.43. The van der Waals surface area contributed by atoms with Crippen molar-refractivity contribution in [1.82, 2.24) is 0 Å². The highest BCUT2D eigenvalue weighted by Gasteiger charge is 2.59. The molecule has 2 bridgehead atoms. The highest BCUT2D eigenvalue weighted by molar-refractivity contribution is 7.98. The molecular formula is C24H23N3O4S. The lowest BCUT2D eigenvalue weighted by atomic mass is 9.85. The first-order chi connectivity index (χ1) is 15.5. The maximum atomic E-state index is 13.0. The number of nitrogens with one attached hydrogen (secondary N) is 1. The summed E-state index contributed by atoms with van der Waals surface area (Å²) in [7, 11) is 0. The Hall–Kier alpha value is -3.13. The molecule has 1 heterocycles. The molecule has 0 spiro atoms. The van der Waals surface area contributed by atoms with Crippen LogP contribution in [0.25, 0.3) is 0 Å². The maximum Gasteiger partial charge on any atom is 0.294 e. The molecule has 7 nitrogen and oxygen atoms in total. The number of benzene rings is 2. The van der Waals surface area contributed by atoms with Crippen molar-refractivity contribution in [2.45, 2.75) is 12.2 Å². The van der Waals surface area contributed by atoms with Crippen LogP contribution < -0.4 is 10.2 Å². The molecule has 0 unspecified atom stereocenters. The molecule has 5 rings (SSSR count). The number of thioether (sulfide) groups is 1. The van der Waals surface area contributed by atoms with E-state index < -0.39 is 4.92 Å². The van der Waals surface area contributed by atoms with Gasteiger partial charge in [0.15, 0.2) is 0 Å². The Labute approximate surface area is 190 Å². The van der Waals surface area contributed by atoms with E-state index in [-0.39, 0.29) is 46.9 Å². The summed E-state index contributed by atoms with van der Waals surface area (Å²) in [4.78, 5) is 38.4. The van der Waals surface area contributed by atoms with Gasteiger partial charge in [-0.2, -0.15) is 11.8 Å². The molecule has 32 heavy (non-hydrogen) atoms. The molecule has 2 aromatic rings. The van der Waals surface area contributed by atoms with Crippen molar-refractivity contribution < 1.29 is 14.5 Å². The van der Waals surface area contributed by atoms with Gasteiger partial charge in [-0.15, -0.1) is 0 Å². The molecule has 8 heteroatoms. The van der Waals surface area contributed by atoms with Crippen molar-refractivity contribution in [2.24, 2.45) is 23.7 Å². The monoisotopic (exact) mass is 449 g/mol. The van der Waals surface area contributed by atoms with Crippen LogP contribution in [0, 0.1) is 33.8 Å². The number of amides is 2. The van der Waals surface area contributed by atoms with E-state index >= 15 is 0 Å². The Morgan fingerprint density at radius 3 is 2.38 bits per heavy atom. The van der Waals surface area contributed by atoms with Gasteiger partial charge in [0.25, 0.3) is 5.69 Å². The van der Waals surface area contributed by atoms with Crippen molar-refractivity contribution in [3.63, 3.8) is 0 Å². The van der Waals surface area contributed by atoms with Crippen LogP contribution in [0.3, 0.4) is 0 Å². The topological polar surface area (TPSA) is 92.6 Å². The van der Waals surface area contributed by atoms with Gasteiger partial charge in [0.1, 0.15) is 5.69 Å². The van der Waals surface area contributed by atoms with Crippen LogP contribution in [-0.4, -0.2) is 29.0 Å². The molecule has 2 amide bonds. The summed E-state index contributed by atoms with van der Waals surface area (Å²) in [5.74, 6) is 0.768. The number of imide groups is 1. The van der Waals surface area contributed by atoms with E-state index in [1.807, 2.05) is 30.4 Å². The van der Waals surface area contributed by atoms with E-state index in [9.17, 15) is 19.7 Å². The SMILES string of the molecule is O=C1[C@@H]2[C@H](C(=O)N1c1ccc(NCCSCc3ccccc3)c([N+](=O)[O-])c1)[C@H]1C=C[C@H]2C1. The third-order valence-electron chi connectivity index (χ3n) is 6.58. The summed E-state index contributed by atoms with van der Waals surface area (Å²) in [5, 5.41) is 14.8. The Morgan fingerprint density at radius 1 is 1.03 bits per heavy atom. The minimum Gasteiger partial charge on any atom is -0.379 e. The number of hydrogen-bond acceptors (Lipinski definition) is 6. The van der Waals surface area contributed by atoms with E-state index in [4.69, 9.17) is 0 Å². The van der Waals surface area contributed by atoms with Crippen LogP contribution in [0.1, 0.15) is 12.0 Å². The van der Waals surface area contributed by atoms with Gasteiger partial charge in [0.05, 0.1) is 22.4 Å². The zero-order valence-corrected chi connectivity index (χ0v) is 18.2. The normalized spacial score (nSPS) is 25.4. The maximum absolute atomic E-state index is 13.0. The molecule has 4 atom stereocenters. The van der Waals surface area contributed by atoms with Gasteiger partial charge in [-0.1, -0.05) is 42.5 Å². The molecule has 1 aliphatic heterocycles. The quantitative estimate of drug-likeness (QED) is 0.213. The zero-order valence-electron chi connectivity index (χ0n) is 17.3. The van der Waals surface area contributed by atoms with E-state index in [0.29, 0.717) is 12.2 Å². The Bertz CT molecular complexity index is 1070. The minimum atomic E-state index is -0.472. The van der Waals surface area contributed by atoms with Gasteiger partial charge in [-0.3, -0.25) is 19.7 Å². The second-order valence-corrected chi connectivity index (χ2v) is 9.54. The number of rotatable bonds is 8. The number of nitro benzene ring substituents is 1. The van der Waals surface area contributed by atoms with Crippen molar-refractivity contribution in [1.29, 1.82) is 0 Å². The molecule has 1 N–H and O–H groups in total. The second-order valence-electron chi connectivity index (χ2n) is 8.44. The van der Waals surface area contributed by atoms with Crippen LogP contribution in [0.5, 0.6) is 0 Å². The van der Waals surface area contributed by atoms with Crippen LogP contribution in [0.4, 0.5) is 17.1 Å². The number of fused-ring (bicyclic) bond motifs is 5. The molecule has 2 fully saturated rings. The van der Waals surface area contributed by atoms with Crippen LogP contribution in [0.2, 0.25) is 0 Å². The highest BCUT2D eigenvalue weighted by atomic mass is 32.2. The molecule has 2 aromatic carbocycles. The number of nitro groups is 1. The van der Waals surface area contributed by atoms with Gasteiger partial charge in [0.2, 0.25) is 11.8 Å². The summed E-state index contributed by atoms with van der Waals surface area (Å²) in [5.41, 5.74) is 1.78. The summed E-state index contributed by atoms with van der Waals surface area (Å²) >= 11 is 1.74. The lowest BCUT2D eigenvalue weighted by Gasteiger charge is -2.18. The number of carbonyl (C=O) groups excluding carboxylic acids is 2. The van der Waals surface area contributed by atoms with Gasteiger partial charge >= 0.3 is 0 Å². The third kappa shape index (κ3) is 3.58. The summed E-state index contributed by atoms with van der Waals surface area (Å²) in [6.45, 7) is 0.568. The summed E-state index contributed by atoms with van der Waals surface area (Å²) in [6.07, 6.45) is 4.92. The number of hydrogen-bond donors (Lipinski definition) is 1. The predicted molar refractivity (Wildman–Crippen MR) is 124 cm³/mol. The highest BCUT2D eigenvalue weighted by Crippen LogP contribution is 2.53. The fraction of sp³-hybridized carbons (Fsp3) is 0.333. The summed E-state index contributed by atoms with van der Waals surface area (Å²) in [6, 6.07) is 14.7. The first-order valence-corrected chi connectivity index (χ1v) is 11.9. The van der Waals surface area contributed by atoms with Crippen LogP contribution in [0.15, 0.2) is 60.7 Å². The Morgan fingerprint density at radius 2 is 1.72 bits per heavy atom. The fourth-order valence-corrected chi connectivity index (χ4v) is 5.96. The van der Waals surface area contributed by atoms with E-state index in [0.717, 1.165) is 22.8 Å². The van der Waals surface area contributed by atoms with Gasteiger partial charge in [0, 0.05) is 24.1 Å². The first kappa shape index (κ1) is 20.8. The zero-order chi connectivity index (χ0) is 22.2. The number of carbonyl (C=O) groups is 2. The molecule has 2 aliphatic carbocycles. The van der Waals surface area contributed by atoms with Crippen molar-refractivity contribution >= 4 is 40.6 Å². The summed E-state index contributed by atoms with van der Waals surface area (Å²) < 4.78 is 0. The fourth-order valence-electron chi connectivity index (χ4n) is 5.14. The first-order valence-electron chi connectivity index (χ1n) is 10.7. The molecule has 1 saturated carbocycles. The van der Waals surface area contributed by atoms with Crippen molar-refractivity contribution in [3.8, 4) is 0 Å². The number of anilines is 2. The molecule has 164 valence electrons. The van der Waals surface area contributed by atoms with Gasteiger partial charge < -0.3 is 5.32 Å². The Balaban J connectivity index is 1.26. The molecule has 3 aliphatic rings. The van der Waals surface area contributed by atoms with E-state index in [1.165, 1.54) is 11.6 Å². The van der Waals surface area contributed by atoms with E-state index in [2.05, 4.69) is 17.4 Å². The Kier molecular flexibility index (Phi) is 5.46. The average molecular weight is 450 g/mol. The minimum absolute atomic E-state index is 0.107. The van der Waals surface area contributed by atoms with Crippen molar-refractivity contribution in [2.75, 3.05) is 22.5 Å². The predicted octanol–water partition coefficient (Wildman–Crippen LogP) is 4.25. The smallest absolute Gasteiger partial charge is 0.294 e. The molecular weight excluding hydrogens is 426 g/mol. The largest absolute Gasteiger partial charge is 0.379 e. The van der Waals surface area contributed by atoms with Gasteiger partial charge in [-0.25, -0.2) is 4.90 Å². The molecule has 0 radical (unpaired) electrons. The third-order valence-corrected chi connectivity index (χ3v) is 7.61.